The third-order valence-electron chi connectivity index (χ3n) is 5.41. The number of hydrogen-bond donors (Lipinski definition) is 1. The van der Waals surface area contributed by atoms with Crippen molar-refractivity contribution in [2.24, 2.45) is 0 Å². The molecule has 0 spiro atoms. The number of nitrogens with one attached hydrogen (secondary N) is 1. The first-order valence-corrected chi connectivity index (χ1v) is 12.1. The molecule has 2 nitrogen and oxygen atoms in total. The SMILES string of the molecule is CCC(NP(=O)(c1ccccc1)c1ccccc1)c1ccc(-c2ccccc2)cc1. The van der Waals surface area contributed by atoms with Gasteiger partial charge in [0, 0.05) is 16.7 Å². The predicted octanol–water partition coefficient (Wildman–Crippen LogP) is 6.32. The summed E-state index contributed by atoms with van der Waals surface area (Å²) in [5.41, 5.74) is 3.53. The van der Waals surface area contributed by atoms with Crippen LogP contribution in [0.15, 0.2) is 115 Å². The highest BCUT2D eigenvalue weighted by Crippen LogP contribution is 2.42. The molecule has 0 bridgehead atoms. The van der Waals surface area contributed by atoms with Crippen LogP contribution in [0.4, 0.5) is 0 Å². The molecule has 0 fully saturated rings. The second-order valence-corrected chi connectivity index (χ2v) is 9.87. The van der Waals surface area contributed by atoms with Gasteiger partial charge < -0.3 is 0 Å². The summed E-state index contributed by atoms with van der Waals surface area (Å²) in [6, 6.07) is 38.4. The van der Waals surface area contributed by atoms with Crippen LogP contribution in [0.1, 0.15) is 24.9 Å². The van der Waals surface area contributed by atoms with Gasteiger partial charge in [0.05, 0.1) is 0 Å². The Balaban J connectivity index is 1.67. The molecule has 0 saturated heterocycles. The quantitative estimate of drug-likeness (QED) is 0.360. The minimum absolute atomic E-state index is 0.0129. The van der Waals surface area contributed by atoms with E-state index in [1.165, 1.54) is 11.1 Å². The van der Waals surface area contributed by atoms with Crippen molar-refractivity contribution in [3.8, 4) is 11.1 Å². The summed E-state index contributed by atoms with van der Waals surface area (Å²) in [5.74, 6) is 0. The van der Waals surface area contributed by atoms with E-state index in [-0.39, 0.29) is 6.04 Å². The Morgan fingerprint density at radius 1 is 0.633 bits per heavy atom. The highest BCUT2D eigenvalue weighted by atomic mass is 31.2. The Labute approximate surface area is 179 Å². The van der Waals surface area contributed by atoms with Crippen molar-refractivity contribution >= 4 is 17.9 Å². The van der Waals surface area contributed by atoms with Gasteiger partial charge in [0.25, 0.3) is 0 Å². The highest BCUT2D eigenvalue weighted by molar-refractivity contribution is 7.76. The maximum absolute atomic E-state index is 14.3. The van der Waals surface area contributed by atoms with Gasteiger partial charge in [-0.05, 0) is 47.4 Å². The van der Waals surface area contributed by atoms with Crippen LogP contribution in [0.5, 0.6) is 0 Å². The lowest BCUT2D eigenvalue weighted by Gasteiger charge is -2.27. The summed E-state index contributed by atoms with van der Waals surface area (Å²) < 4.78 is 14.3. The van der Waals surface area contributed by atoms with E-state index in [4.69, 9.17) is 0 Å². The van der Waals surface area contributed by atoms with Crippen molar-refractivity contribution < 1.29 is 4.57 Å². The van der Waals surface area contributed by atoms with Gasteiger partial charge >= 0.3 is 0 Å². The first kappa shape index (κ1) is 20.3. The summed E-state index contributed by atoms with van der Waals surface area (Å²) in [4.78, 5) is 0. The predicted molar refractivity (Wildman–Crippen MR) is 128 cm³/mol. The van der Waals surface area contributed by atoms with Crippen molar-refractivity contribution in [1.82, 2.24) is 5.09 Å². The third kappa shape index (κ3) is 4.31. The van der Waals surface area contributed by atoms with E-state index < -0.39 is 7.29 Å². The van der Waals surface area contributed by atoms with E-state index in [0.29, 0.717) is 0 Å². The van der Waals surface area contributed by atoms with Crippen LogP contribution in [0, 0.1) is 0 Å². The fraction of sp³-hybridized carbons (Fsp3) is 0.111. The summed E-state index contributed by atoms with van der Waals surface area (Å²) in [6.07, 6.45) is 0.842. The van der Waals surface area contributed by atoms with Crippen molar-refractivity contribution in [1.29, 1.82) is 0 Å². The van der Waals surface area contributed by atoms with Gasteiger partial charge in [-0.1, -0.05) is 97.9 Å². The van der Waals surface area contributed by atoms with Crippen LogP contribution >= 0.6 is 7.29 Å². The van der Waals surface area contributed by atoms with Gasteiger partial charge in [0.1, 0.15) is 0 Å². The topological polar surface area (TPSA) is 29.1 Å². The first-order valence-electron chi connectivity index (χ1n) is 10.3. The molecule has 0 aliphatic rings. The molecule has 4 aromatic carbocycles. The van der Waals surface area contributed by atoms with Crippen LogP contribution in [0.25, 0.3) is 11.1 Å². The molecule has 0 aromatic heterocycles. The Hall–Kier alpha value is -2.93. The highest BCUT2D eigenvalue weighted by Gasteiger charge is 2.30. The molecule has 4 rings (SSSR count). The summed E-state index contributed by atoms with van der Waals surface area (Å²) in [5, 5.41) is 5.20. The molecule has 30 heavy (non-hydrogen) atoms. The maximum atomic E-state index is 14.3. The number of benzene rings is 4. The molecular weight excluding hydrogens is 385 g/mol. The second kappa shape index (κ2) is 9.26. The number of hydrogen-bond acceptors (Lipinski definition) is 1. The van der Waals surface area contributed by atoms with Crippen molar-refractivity contribution in [3.63, 3.8) is 0 Å². The molecule has 0 amide bonds. The van der Waals surface area contributed by atoms with Crippen molar-refractivity contribution in [2.45, 2.75) is 19.4 Å². The van der Waals surface area contributed by atoms with E-state index in [9.17, 15) is 4.57 Å². The summed E-state index contributed by atoms with van der Waals surface area (Å²) in [7, 11) is -2.98. The molecule has 4 aromatic rings. The molecule has 1 unspecified atom stereocenters. The lowest BCUT2D eigenvalue weighted by molar-refractivity contribution is 0.555. The Morgan fingerprint density at radius 2 is 1.07 bits per heavy atom. The van der Waals surface area contributed by atoms with Crippen LogP contribution in [0.2, 0.25) is 0 Å². The minimum Gasteiger partial charge on any atom is -0.297 e. The van der Waals surface area contributed by atoms with Crippen LogP contribution in [0.3, 0.4) is 0 Å². The van der Waals surface area contributed by atoms with Crippen LogP contribution in [-0.4, -0.2) is 0 Å². The largest absolute Gasteiger partial charge is 0.297 e. The molecule has 150 valence electrons. The van der Waals surface area contributed by atoms with E-state index in [1.54, 1.807) is 0 Å². The summed E-state index contributed by atoms with van der Waals surface area (Å²) in [6.45, 7) is 2.13. The standard InChI is InChI=1S/C27H26NOP/c1-2-27(24-20-18-23(19-21-24)22-12-6-3-7-13-22)28-30(29,25-14-8-4-9-15-25)26-16-10-5-11-17-26/h3-21,27H,2H2,1H3,(H,28,29). The normalized spacial score (nSPS) is 12.4. The van der Waals surface area contributed by atoms with Crippen LogP contribution < -0.4 is 15.7 Å². The second-order valence-electron chi connectivity index (χ2n) is 7.36. The first-order chi connectivity index (χ1) is 14.7. The smallest absolute Gasteiger partial charge is 0.205 e. The molecule has 3 heteroatoms. The van der Waals surface area contributed by atoms with E-state index in [1.807, 2.05) is 66.7 Å². The molecule has 0 aliphatic carbocycles. The Morgan fingerprint density at radius 3 is 1.53 bits per heavy atom. The zero-order valence-electron chi connectivity index (χ0n) is 17.1. The van der Waals surface area contributed by atoms with E-state index >= 15 is 0 Å². The van der Waals surface area contributed by atoms with Crippen molar-refractivity contribution in [2.75, 3.05) is 0 Å². The molecule has 1 atom stereocenters. The molecule has 0 radical (unpaired) electrons. The molecule has 0 heterocycles. The molecule has 1 N–H and O–H groups in total. The lowest BCUT2D eigenvalue weighted by Crippen LogP contribution is -2.30. The molecular formula is C27H26NOP. The minimum atomic E-state index is -2.98. The fourth-order valence-corrected chi connectivity index (χ4v) is 6.28. The van der Waals surface area contributed by atoms with Gasteiger partial charge in [-0.2, -0.15) is 0 Å². The van der Waals surface area contributed by atoms with Gasteiger partial charge in [-0.15, -0.1) is 0 Å². The lowest BCUT2D eigenvalue weighted by atomic mass is 10.0. The zero-order chi connectivity index (χ0) is 20.8. The number of rotatable bonds is 7. The maximum Gasteiger partial charge on any atom is 0.205 e. The van der Waals surface area contributed by atoms with Gasteiger partial charge in [0.2, 0.25) is 7.29 Å². The molecule has 0 saturated carbocycles. The average molecular weight is 411 g/mol. The van der Waals surface area contributed by atoms with Crippen LogP contribution in [-0.2, 0) is 4.57 Å². The zero-order valence-corrected chi connectivity index (χ0v) is 18.0. The Bertz CT molecular complexity index is 1070. The van der Waals surface area contributed by atoms with Gasteiger partial charge in [0.15, 0.2) is 0 Å². The van der Waals surface area contributed by atoms with Crippen molar-refractivity contribution in [3.05, 3.63) is 121 Å². The van der Waals surface area contributed by atoms with Gasteiger partial charge in [-0.25, -0.2) is 0 Å². The molecule has 0 aliphatic heterocycles. The average Bonchev–Trinajstić information content (AvgIpc) is 2.84. The third-order valence-corrected chi connectivity index (χ3v) is 8.13. The van der Waals surface area contributed by atoms with E-state index in [2.05, 4.69) is 60.5 Å². The Kier molecular flexibility index (Phi) is 6.28. The fourth-order valence-electron chi connectivity index (χ4n) is 3.73. The van der Waals surface area contributed by atoms with Gasteiger partial charge in [-0.3, -0.25) is 9.65 Å². The van der Waals surface area contributed by atoms with E-state index in [0.717, 1.165) is 22.6 Å². The summed E-state index contributed by atoms with van der Waals surface area (Å²) >= 11 is 0. The monoisotopic (exact) mass is 411 g/mol.